The second-order valence-corrected chi connectivity index (χ2v) is 6.19. The van der Waals surface area contributed by atoms with E-state index in [4.69, 9.17) is 22.7 Å². The Morgan fingerprint density at radius 3 is 2.70 bits per heavy atom. The van der Waals surface area contributed by atoms with Crippen LogP contribution in [0.15, 0.2) is 44.4 Å². The predicted molar refractivity (Wildman–Crippen MR) is 95.7 cm³/mol. The van der Waals surface area contributed by atoms with E-state index in [0.717, 1.165) is 15.2 Å². The topological polar surface area (TPSA) is 108 Å². The number of rotatable bonds is 5. The number of nitrogens with zero attached hydrogens (tertiary/aromatic N) is 5. The number of hydrogen-bond acceptors (Lipinski definition) is 6. The van der Waals surface area contributed by atoms with Crippen molar-refractivity contribution in [1.82, 2.24) is 19.3 Å². The summed E-state index contributed by atoms with van der Waals surface area (Å²) in [5.41, 5.74) is -0.648. The average molecular weight is 388 g/mol. The Morgan fingerprint density at radius 2 is 2.04 bits per heavy atom. The van der Waals surface area contributed by atoms with Crippen molar-refractivity contribution in [2.24, 2.45) is 7.05 Å². The van der Waals surface area contributed by atoms with Crippen LogP contribution in [0.5, 0.6) is 0 Å². The largest absolute Gasteiger partial charge is 0.402 e. The fourth-order valence-corrected chi connectivity index (χ4v) is 2.59. The number of benzene rings is 1. The molecule has 0 fully saturated rings. The second-order valence-electron chi connectivity index (χ2n) is 5.76. The van der Waals surface area contributed by atoms with E-state index in [2.05, 4.69) is 15.0 Å². The summed E-state index contributed by atoms with van der Waals surface area (Å²) in [4.78, 5) is 31.5. The van der Waals surface area contributed by atoms with Gasteiger partial charge >= 0.3 is 5.69 Å². The Bertz CT molecular complexity index is 1120. The average Bonchev–Trinajstić information content (AvgIpc) is 3.09. The molecule has 2 aromatic heterocycles. The molecule has 0 bridgehead atoms. The summed E-state index contributed by atoms with van der Waals surface area (Å²) < 4.78 is 7.03. The number of halogens is 1. The van der Waals surface area contributed by atoms with Gasteiger partial charge in [-0.05, 0) is 17.7 Å². The summed E-state index contributed by atoms with van der Waals surface area (Å²) in [5.74, 6) is 0.219. The standard InChI is InChI=1S/C17H14ClN5O4/c1-19-14-8-16(25)23(17(26)22(14)2)9-15-20-13(21-27-15)7-12(24)10-3-5-11(18)6-4-10/h3-6,8,12,24H,7,9H2,2H3/t12-/m0/s1. The number of aliphatic hydroxyl groups is 1. The zero-order valence-electron chi connectivity index (χ0n) is 14.2. The summed E-state index contributed by atoms with van der Waals surface area (Å²) in [6.07, 6.45) is -0.768. The van der Waals surface area contributed by atoms with Gasteiger partial charge in [0.1, 0.15) is 6.54 Å². The van der Waals surface area contributed by atoms with Gasteiger partial charge in [0.05, 0.1) is 13.2 Å². The van der Waals surface area contributed by atoms with E-state index in [-0.39, 0.29) is 30.5 Å². The molecule has 0 saturated heterocycles. The zero-order valence-corrected chi connectivity index (χ0v) is 14.9. The molecule has 27 heavy (non-hydrogen) atoms. The van der Waals surface area contributed by atoms with E-state index in [1.54, 1.807) is 24.3 Å². The van der Waals surface area contributed by atoms with Crippen LogP contribution in [0.4, 0.5) is 5.82 Å². The van der Waals surface area contributed by atoms with Crippen LogP contribution in [-0.2, 0) is 20.0 Å². The molecule has 0 aliphatic carbocycles. The Hall–Kier alpha value is -3.22. The van der Waals surface area contributed by atoms with E-state index >= 15 is 0 Å². The van der Waals surface area contributed by atoms with Crippen LogP contribution in [0.25, 0.3) is 4.85 Å². The summed E-state index contributed by atoms with van der Waals surface area (Å²) in [5, 5.41) is 14.6. The molecular weight excluding hydrogens is 374 g/mol. The molecule has 1 atom stereocenters. The van der Waals surface area contributed by atoms with Crippen molar-refractivity contribution >= 4 is 17.4 Å². The van der Waals surface area contributed by atoms with Gasteiger partial charge in [-0.1, -0.05) is 35.5 Å². The van der Waals surface area contributed by atoms with Gasteiger partial charge in [0.2, 0.25) is 17.3 Å². The Labute approximate surface area is 157 Å². The van der Waals surface area contributed by atoms with Gasteiger partial charge in [-0.25, -0.2) is 13.9 Å². The van der Waals surface area contributed by atoms with Crippen LogP contribution in [0, 0.1) is 6.57 Å². The zero-order chi connectivity index (χ0) is 19.6. The van der Waals surface area contributed by atoms with Gasteiger partial charge in [0, 0.05) is 17.5 Å². The highest BCUT2D eigenvalue weighted by molar-refractivity contribution is 6.30. The molecule has 138 valence electrons. The molecule has 3 aromatic rings. The Morgan fingerprint density at radius 1 is 1.33 bits per heavy atom. The molecule has 0 saturated carbocycles. The van der Waals surface area contributed by atoms with E-state index in [0.29, 0.717) is 10.6 Å². The third-order valence-corrected chi connectivity index (χ3v) is 4.18. The smallest absolute Gasteiger partial charge is 0.388 e. The van der Waals surface area contributed by atoms with Crippen molar-refractivity contribution in [3.8, 4) is 0 Å². The van der Waals surface area contributed by atoms with E-state index in [9.17, 15) is 14.7 Å². The summed E-state index contributed by atoms with van der Waals surface area (Å²) >= 11 is 5.82. The molecule has 0 radical (unpaired) electrons. The Kier molecular flexibility index (Phi) is 5.21. The minimum absolute atomic E-state index is 0.0445. The van der Waals surface area contributed by atoms with Crippen molar-refractivity contribution in [2.45, 2.75) is 19.1 Å². The highest BCUT2D eigenvalue weighted by Gasteiger charge is 2.17. The molecule has 0 aliphatic heterocycles. The van der Waals surface area contributed by atoms with E-state index < -0.39 is 17.4 Å². The SMILES string of the molecule is [C-]#[N+]c1cc(=O)n(Cc2nc(C[C@H](O)c3ccc(Cl)cc3)no2)c(=O)n1C. The highest BCUT2D eigenvalue weighted by Crippen LogP contribution is 2.19. The maximum atomic E-state index is 12.2. The van der Waals surface area contributed by atoms with E-state index in [1.807, 2.05) is 0 Å². The van der Waals surface area contributed by atoms with Crippen LogP contribution < -0.4 is 11.2 Å². The fourth-order valence-electron chi connectivity index (χ4n) is 2.46. The molecule has 1 aromatic carbocycles. The predicted octanol–water partition coefficient (Wildman–Crippen LogP) is 1.46. The fraction of sp³-hybridized carbons (Fsp3) is 0.235. The van der Waals surface area contributed by atoms with Crippen molar-refractivity contribution in [3.63, 3.8) is 0 Å². The first-order valence-electron chi connectivity index (χ1n) is 7.82. The molecular formula is C17H14ClN5O4. The van der Waals surface area contributed by atoms with Crippen LogP contribution in [-0.4, -0.2) is 24.4 Å². The highest BCUT2D eigenvalue weighted by atomic mass is 35.5. The lowest BCUT2D eigenvalue weighted by atomic mass is 10.1. The van der Waals surface area contributed by atoms with Crippen LogP contribution >= 0.6 is 11.6 Å². The van der Waals surface area contributed by atoms with Crippen LogP contribution in [0.1, 0.15) is 23.4 Å². The lowest BCUT2D eigenvalue weighted by Gasteiger charge is -2.08. The summed E-state index contributed by atoms with van der Waals surface area (Å²) in [6, 6.07) is 7.77. The van der Waals surface area contributed by atoms with Gasteiger partial charge in [-0.2, -0.15) is 4.98 Å². The van der Waals surface area contributed by atoms with Crippen molar-refractivity contribution in [2.75, 3.05) is 0 Å². The van der Waals surface area contributed by atoms with Gasteiger partial charge < -0.3 is 14.5 Å². The van der Waals surface area contributed by atoms with Crippen LogP contribution in [0.3, 0.4) is 0 Å². The maximum absolute atomic E-state index is 12.2. The third-order valence-electron chi connectivity index (χ3n) is 3.93. The number of aliphatic hydroxyl groups excluding tert-OH is 1. The van der Waals surface area contributed by atoms with Crippen molar-refractivity contribution in [1.29, 1.82) is 0 Å². The lowest BCUT2D eigenvalue weighted by molar-refractivity contribution is 0.174. The molecule has 0 aliphatic rings. The maximum Gasteiger partial charge on any atom is 0.402 e. The Balaban J connectivity index is 1.78. The molecule has 3 rings (SSSR count). The van der Waals surface area contributed by atoms with Gasteiger partial charge in [-0.3, -0.25) is 4.79 Å². The number of hydrogen-bond donors (Lipinski definition) is 1. The summed E-state index contributed by atoms with van der Waals surface area (Å²) in [7, 11) is 1.40. The minimum atomic E-state index is -0.860. The molecule has 9 nitrogen and oxygen atoms in total. The first-order chi connectivity index (χ1) is 12.9. The lowest BCUT2D eigenvalue weighted by Crippen LogP contribution is -2.38. The quantitative estimate of drug-likeness (QED) is 0.664. The first kappa shape index (κ1) is 18.6. The van der Waals surface area contributed by atoms with E-state index in [1.165, 1.54) is 7.05 Å². The molecule has 0 spiro atoms. The van der Waals surface area contributed by atoms with Crippen molar-refractivity contribution < 1.29 is 9.63 Å². The molecule has 1 N–H and O–H groups in total. The normalized spacial score (nSPS) is 11.9. The summed E-state index contributed by atoms with van der Waals surface area (Å²) in [6.45, 7) is 6.74. The molecule has 10 heteroatoms. The molecule has 2 heterocycles. The first-order valence-corrected chi connectivity index (χ1v) is 8.20. The monoisotopic (exact) mass is 387 g/mol. The minimum Gasteiger partial charge on any atom is -0.388 e. The molecule has 0 amide bonds. The van der Waals surface area contributed by atoms with Gasteiger partial charge in [0.25, 0.3) is 0 Å². The van der Waals surface area contributed by atoms with Crippen LogP contribution in [0.2, 0.25) is 5.02 Å². The second kappa shape index (κ2) is 7.57. The third kappa shape index (κ3) is 3.97. The van der Waals surface area contributed by atoms with Crippen molar-refractivity contribution in [3.05, 3.63) is 84.9 Å². The van der Waals surface area contributed by atoms with Gasteiger partial charge in [0.15, 0.2) is 5.82 Å². The molecule has 0 unspecified atom stereocenters. The van der Waals surface area contributed by atoms with Gasteiger partial charge in [-0.15, -0.1) is 0 Å². The number of aromatic nitrogens is 4.